The quantitative estimate of drug-likeness (QED) is 0.365. The summed E-state index contributed by atoms with van der Waals surface area (Å²) >= 11 is 17.6. The van der Waals surface area contributed by atoms with Gasteiger partial charge >= 0.3 is 6.00 Å². The summed E-state index contributed by atoms with van der Waals surface area (Å²) in [6, 6.07) is 8.29. The molecule has 0 heterocycles. The smallest absolute Gasteiger partial charge is 0.341 e. The second-order valence-electron chi connectivity index (χ2n) is 5.80. The van der Waals surface area contributed by atoms with Gasteiger partial charge < -0.3 is 4.74 Å². The summed E-state index contributed by atoms with van der Waals surface area (Å²) < 4.78 is 5.90. The van der Waals surface area contributed by atoms with Crippen molar-refractivity contribution in [2.75, 3.05) is 6.61 Å². The summed E-state index contributed by atoms with van der Waals surface area (Å²) in [7, 11) is 0. The highest BCUT2D eigenvalue weighted by Gasteiger charge is 2.25. The third-order valence-electron chi connectivity index (χ3n) is 4.14. The van der Waals surface area contributed by atoms with Gasteiger partial charge in [-0.15, -0.1) is 33.2 Å². The zero-order valence-corrected chi connectivity index (χ0v) is 15.7. The Balaban J connectivity index is 1.70. The van der Waals surface area contributed by atoms with Crippen molar-refractivity contribution < 1.29 is 4.74 Å². The summed E-state index contributed by atoms with van der Waals surface area (Å²) in [5.41, 5.74) is 2.05. The van der Waals surface area contributed by atoms with E-state index in [-0.39, 0.29) is 0 Å². The average molecular weight is 377 g/mol. The van der Waals surface area contributed by atoms with Crippen LogP contribution in [0, 0.1) is 11.3 Å². The fraction of sp³-hybridized carbons (Fsp3) is 0.562. The molecule has 1 saturated carbocycles. The van der Waals surface area contributed by atoms with Crippen LogP contribution >= 0.6 is 33.2 Å². The molecule has 0 amide bonds. The summed E-state index contributed by atoms with van der Waals surface area (Å²) in [6.07, 6.45) is 5.60. The Hall–Kier alpha value is -0.243. The van der Waals surface area contributed by atoms with E-state index in [0.29, 0.717) is 24.7 Å². The minimum absolute atomic E-state index is 0.340. The maximum atomic E-state index is 8.84. The Kier molecular flexibility index (Phi) is 7.05. The van der Waals surface area contributed by atoms with E-state index in [1.165, 1.54) is 5.56 Å². The number of nitrogens with zero attached hydrogens (tertiary/aromatic N) is 1. The van der Waals surface area contributed by atoms with E-state index in [0.717, 1.165) is 37.7 Å². The lowest BCUT2D eigenvalue weighted by Gasteiger charge is -2.29. The van der Waals surface area contributed by atoms with Crippen LogP contribution in [0.1, 0.15) is 49.1 Å². The molecule has 0 atom stereocenters. The molecule has 1 aromatic rings. The molecular formula is C16H20Cl3NOSi. The molecule has 0 unspecified atom stereocenters. The Morgan fingerprint density at radius 2 is 1.73 bits per heavy atom. The molecule has 2 nitrogen and oxygen atoms in total. The van der Waals surface area contributed by atoms with E-state index >= 15 is 0 Å². The topological polar surface area (TPSA) is 33.0 Å². The molecule has 0 aromatic heterocycles. The fourth-order valence-electron chi connectivity index (χ4n) is 2.92. The Labute approximate surface area is 147 Å². The van der Waals surface area contributed by atoms with Crippen molar-refractivity contribution >= 4 is 39.2 Å². The van der Waals surface area contributed by atoms with E-state index in [4.69, 9.17) is 43.2 Å². The van der Waals surface area contributed by atoms with Crippen LogP contribution in [0.15, 0.2) is 24.3 Å². The monoisotopic (exact) mass is 375 g/mol. The summed E-state index contributed by atoms with van der Waals surface area (Å²) in [5.74, 6) is 0.584. The second-order valence-corrected chi connectivity index (χ2v) is 15.1. The normalized spacial score (nSPS) is 22.3. The van der Waals surface area contributed by atoms with Gasteiger partial charge in [0.25, 0.3) is 0 Å². The molecule has 0 bridgehead atoms. The van der Waals surface area contributed by atoms with Gasteiger partial charge in [-0.05, 0) is 61.8 Å². The zero-order chi connectivity index (χ0) is 16.0. The van der Waals surface area contributed by atoms with Crippen LogP contribution in [-0.2, 0) is 4.74 Å². The maximum absolute atomic E-state index is 8.84. The van der Waals surface area contributed by atoms with Gasteiger partial charge in [0, 0.05) is 6.61 Å². The molecule has 1 aliphatic rings. The molecule has 0 N–H and O–H groups in total. The first-order valence-electron chi connectivity index (χ1n) is 7.66. The molecule has 0 spiro atoms. The Morgan fingerprint density at radius 1 is 1.09 bits per heavy atom. The number of hydrogen-bond donors (Lipinski definition) is 0. The lowest BCUT2D eigenvalue weighted by atomic mass is 9.82. The van der Waals surface area contributed by atoms with Crippen molar-refractivity contribution in [1.82, 2.24) is 0 Å². The minimum Gasteiger partial charge on any atom is -0.378 e. The molecule has 22 heavy (non-hydrogen) atoms. The SMILES string of the molecule is N#Cc1ccc(C2CCC(OCCC[Si](Cl)(Cl)Cl)CC2)cc1. The number of halogens is 3. The van der Waals surface area contributed by atoms with E-state index in [2.05, 4.69) is 18.2 Å². The largest absolute Gasteiger partial charge is 0.378 e. The highest BCUT2D eigenvalue weighted by molar-refractivity contribution is 7.64. The van der Waals surface area contributed by atoms with Crippen molar-refractivity contribution in [3.63, 3.8) is 0 Å². The van der Waals surface area contributed by atoms with Crippen LogP contribution in [0.4, 0.5) is 0 Å². The standard InChI is InChI=1S/C16H20Cl3NOSi/c17-22(18,19)11-1-10-21-16-8-6-15(7-9-16)14-4-2-13(12-20)3-5-14/h2-5,15-16H,1,6-11H2. The van der Waals surface area contributed by atoms with Crippen molar-refractivity contribution in [1.29, 1.82) is 5.26 Å². The summed E-state index contributed by atoms with van der Waals surface area (Å²) in [5, 5.41) is 8.84. The first-order chi connectivity index (χ1) is 10.5. The van der Waals surface area contributed by atoms with Crippen LogP contribution in [0.3, 0.4) is 0 Å². The predicted molar refractivity (Wildman–Crippen MR) is 94.8 cm³/mol. The number of nitriles is 1. The molecule has 1 aliphatic carbocycles. The molecule has 120 valence electrons. The first kappa shape index (κ1) is 18.1. The first-order valence-corrected chi connectivity index (χ1v) is 12.9. The predicted octanol–water partition coefficient (Wildman–Crippen LogP) is 5.65. The van der Waals surface area contributed by atoms with E-state index in [1.807, 2.05) is 12.1 Å². The van der Waals surface area contributed by atoms with Crippen LogP contribution in [0.2, 0.25) is 6.04 Å². The fourth-order valence-corrected chi connectivity index (χ4v) is 4.66. The molecule has 0 aliphatic heterocycles. The Bertz CT molecular complexity index is 502. The number of rotatable bonds is 6. The highest BCUT2D eigenvalue weighted by Crippen LogP contribution is 2.34. The minimum atomic E-state index is -2.49. The van der Waals surface area contributed by atoms with Crippen molar-refractivity contribution in [2.45, 2.75) is 50.2 Å². The van der Waals surface area contributed by atoms with E-state index in [9.17, 15) is 0 Å². The van der Waals surface area contributed by atoms with Crippen LogP contribution < -0.4 is 0 Å². The summed E-state index contributed by atoms with van der Waals surface area (Å²) in [6.45, 7) is 0.688. The molecule has 0 radical (unpaired) electrons. The summed E-state index contributed by atoms with van der Waals surface area (Å²) in [4.78, 5) is 0. The zero-order valence-electron chi connectivity index (χ0n) is 12.4. The number of hydrogen-bond acceptors (Lipinski definition) is 2. The van der Waals surface area contributed by atoms with Gasteiger partial charge in [0.2, 0.25) is 0 Å². The third kappa shape index (κ3) is 6.10. The van der Waals surface area contributed by atoms with Crippen molar-refractivity contribution in [3.05, 3.63) is 35.4 Å². The highest BCUT2D eigenvalue weighted by atomic mass is 35.8. The van der Waals surface area contributed by atoms with Gasteiger partial charge in [0.1, 0.15) is 0 Å². The van der Waals surface area contributed by atoms with Crippen LogP contribution in [-0.4, -0.2) is 18.7 Å². The van der Waals surface area contributed by atoms with Crippen molar-refractivity contribution in [2.24, 2.45) is 0 Å². The number of ether oxygens (including phenoxy) is 1. The van der Waals surface area contributed by atoms with Crippen molar-refractivity contribution in [3.8, 4) is 6.07 Å². The van der Waals surface area contributed by atoms with Gasteiger partial charge in [-0.25, -0.2) is 0 Å². The van der Waals surface area contributed by atoms with Crippen LogP contribution in [0.5, 0.6) is 0 Å². The maximum Gasteiger partial charge on any atom is 0.341 e. The van der Waals surface area contributed by atoms with Gasteiger partial charge in [-0.3, -0.25) is 0 Å². The average Bonchev–Trinajstić information content (AvgIpc) is 2.51. The molecule has 1 fully saturated rings. The van der Waals surface area contributed by atoms with Crippen LogP contribution in [0.25, 0.3) is 0 Å². The molecular weight excluding hydrogens is 357 g/mol. The molecule has 6 heteroatoms. The third-order valence-corrected chi connectivity index (χ3v) is 6.76. The number of benzene rings is 1. The lowest BCUT2D eigenvalue weighted by molar-refractivity contribution is 0.0251. The molecule has 1 aromatic carbocycles. The van der Waals surface area contributed by atoms with Gasteiger partial charge in [0.15, 0.2) is 0 Å². The second kappa shape index (κ2) is 8.56. The molecule has 0 saturated heterocycles. The molecule has 2 rings (SSSR count). The van der Waals surface area contributed by atoms with Gasteiger partial charge in [-0.1, -0.05) is 12.1 Å². The lowest BCUT2D eigenvalue weighted by Crippen LogP contribution is -2.22. The Morgan fingerprint density at radius 3 is 2.27 bits per heavy atom. The van der Waals surface area contributed by atoms with Gasteiger partial charge in [0.05, 0.1) is 17.7 Å². The van der Waals surface area contributed by atoms with E-state index in [1.54, 1.807) is 0 Å². The van der Waals surface area contributed by atoms with Gasteiger partial charge in [-0.2, -0.15) is 5.26 Å². The van der Waals surface area contributed by atoms with E-state index < -0.39 is 6.00 Å².